The molecule has 2 rings (SSSR count). The molecule has 1 N–H and O–H groups in total. The summed E-state index contributed by atoms with van der Waals surface area (Å²) in [6.45, 7) is 4.31. The summed E-state index contributed by atoms with van der Waals surface area (Å²) >= 11 is 0. The van der Waals surface area contributed by atoms with Gasteiger partial charge in [-0.25, -0.2) is 0 Å². The van der Waals surface area contributed by atoms with Crippen LogP contribution >= 0.6 is 0 Å². The molecule has 0 heterocycles. The molecule has 122 valence electrons. The molecule has 0 spiro atoms. The highest BCUT2D eigenvalue weighted by molar-refractivity contribution is 5.77. The van der Waals surface area contributed by atoms with Crippen molar-refractivity contribution in [1.29, 1.82) is 0 Å². The minimum absolute atomic E-state index is 0.333. The van der Waals surface area contributed by atoms with Crippen molar-refractivity contribution in [3.8, 4) is 11.5 Å². The Labute approximate surface area is 136 Å². The normalized spacial score (nSPS) is 11.8. The Bertz CT molecular complexity index is 679. The van der Waals surface area contributed by atoms with E-state index >= 15 is 0 Å². The molecule has 2 aromatic rings. The summed E-state index contributed by atoms with van der Waals surface area (Å²) in [6, 6.07) is 13.2. The fourth-order valence-corrected chi connectivity index (χ4v) is 2.52. The number of carbonyl (C=O) groups is 1. The number of rotatable bonds is 7. The van der Waals surface area contributed by atoms with E-state index in [1.165, 1.54) is 0 Å². The second kappa shape index (κ2) is 7.68. The lowest BCUT2D eigenvalue weighted by atomic mass is 9.95. The van der Waals surface area contributed by atoms with E-state index in [0.717, 1.165) is 16.9 Å². The van der Waals surface area contributed by atoms with Gasteiger partial charge in [-0.1, -0.05) is 30.3 Å². The first-order chi connectivity index (χ1) is 11.0. The molecule has 2 aromatic carbocycles. The minimum Gasteiger partial charge on any atom is -0.496 e. The van der Waals surface area contributed by atoms with Crippen molar-refractivity contribution in [2.24, 2.45) is 0 Å². The summed E-state index contributed by atoms with van der Waals surface area (Å²) < 4.78 is 11.1. The number of methoxy groups -OCH3 is 1. The van der Waals surface area contributed by atoms with Crippen molar-refractivity contribution in [3.63, 3.8) is 0 Å². The van der Waals surface area contributed by atoms with Gasteiger partial charge in [0.2, 0.25) is 0 Å². The van der Waals surface area contributed by atoms with Gasteiger partial charge in [0.25, 0.3) is 0 Å². The average Bonchev–Trinajstić information content (AvgIpc) is 2.54. The maximum absolute atomic E-state index is 11.6. The van der Waals surface area contributed by atoms with Crippen molar-refractivity contribution in [1.82, 2.24) is 0 Å². The predicted molar refractivity (Wildman–Crippen MR) is 89.4 cm³/mol. The third-order valence-corrected chi connectivity index (χ3v) is 3.82. The van der Waals surface area contributed by atoms with Crippen molar-refractivity contribution in [2.45, 2.75) is 26.2 Å². The molecular weight excluding hydrogens is 292 g/mol. The molecule has 0 amide bonds. The number of carboxylic acids is 1. The van der Waals surface area contributed by atoms with Crippen LogP contribution in [0.25, 0.3) is 0 Å². The number of hydrogen-bond acceptors (Lipinski definition) is 3. The molecular formula is C19H22O4. The van der Waals surface area contributed by atoms with Crippen LogP contribution in [0.3, 0.4) is 0 Å². The standard InChI is InChI=1S/C19H22O4/c1-13-8-9-14(2)18(12-13)23-11-10-16(19(20)21)15-6-4-5-7-17(15)22-3/h4-9,12,16H,10-11H2,1-3H3,(H,20,21). The molecule has 23 heavy (non-hydrogen) atoms. The molecule has 1 unspecified atom stereocenters. The number of aliphatic carboxylic acids is 1. The topological polar surface area (TPSA) is 55.8 Å². The quantitative estimate of drug-likeness (QED) is 0.840. The van der Waals surface area contributed by atoms with E-state index in [0.29, 0.717) is 24.3 Å². The molecule has 0 saturated carbocycles. The summed E-state index contributed by atoms with van der Waals surface area (Å²) in [5.74, 6) is -0.142. The summed E-state index contributed by atoms with van der Waals surface area (Å²) in [5, 5.41) is 9.53. The first-order valence-corrected chi connectivity index (χ1v) is 7.58. The lowest BCUT2D eigenvalue weighted by Crippen LogP contribution is -2.16. The second-order valence-electron chi connectivity index (χ2n) is 5.54. The van der Waals surface area contributed by atoms with Crippen LogP contribution in [0.5, 0.6) is 11.5 Å². The van der Waals surface area contributed by atoms with Gasteiger partial charge >= 0.3 is 5.97 Å². The van der Waals surface area contributed by atoms with E-state index in [9.17, 15) is 9.90 Å². The van der Waals surface area contributed by atoms with Gasteiger partial charge in [-0.3, -0.25) is 4.79 Å². The molecule has 0 aromatic heterocycles. The largest absolute Gasteiger partial charge is 0.496 e. The van der Waals surface area contributed by atoms with E-state index in [-0.39, 0.29) is 0 Å². The summed E-state index contributed by atoms with van der Waals surface area (Å²) in [4.78, 5) is 11.6. The van der Waals surface area contributed by atoms with Crippen LogP contribution in [0.1, 0.15) is 29.0 Å². The molecule has 0 fully saturated rings. The lowest BCUT2D eigenvalue weighted by molar-refractivity contribution is -0.139. The number of benzene rings is 2. The van der Waals surface area contributed by atoms with Gasteiger partial charge in [-0.05, 0) is 43.5 Å². The van der Waals surface area contributed by atoms with E-state index in [1.54, 1.807) is 19.2 Å². The van der Waals surface area contributed by atoms with E-state index in [1.807, 2.05) is 44.2 Å². The van der Waals surface area contributed by atoms with Crippen LogP contribution in [0, 0.1) is 13.8 Å². The second-order valence-corrected chi connectivity index (χ2v) is 5.54. The predicted octanol–water partition coefficient (Wildman–Crippen LogP) is 3.95. The number of para-hydroxylation sites is 1. The highest BCUT2D eigenvalue weighted by Crippen LogP contribution is 2.29. The van der Waals surface area contributed by atoms with E-state index in [2.05, 4.69) is 0 Å². The zero-order valence-corrected chi connectivity index (χ0v) is 13.7. The number of aryl methyl sites for hydroxylation is 2. The van der Waals surface area contributed by atoms with Gasteiger partial charge in [-0.2, -0.15) is 0 Å². The van der Waals surface area contributed by atoms with Gasteiger partial charge in [0.1, 0.15) is 11.5 Å². The zero-order chi connectivity index (χ0) is 16.8. The summed E-state index contributed by atoms with van der Waals surface area (Å²) in [6.07, 6.45) is 0.378. The Hall–Kier alpha value is -2.49. The maximum Gasteiger partial charge on any atom is 0.311 e. The van der Waals surface area contributed by atoms with Crippen LogP contribution in [0.2, 0.25) is 0 Å². The smallest absolute Gasteiger partial charge is 0.311 e. The third kappa shape index (κ3) is 4.25. The van der Waals surface area contributed by atoms with Gasteiger partial charge in [-0.15, -0.1) is 0 Å². The molecule has 0 aliphatic carbocycles. The molecule has 0 bridgehead atoms. The summed E-state index contributed by atoms with van der Waals surface area (Å²) in [5.41, 5.74) is 2.83. The minimum atomic E-state index is -0.876. The SMILES string of the molecule is COc1ccccc1C(CCOc1cc(C)ccc1C)C(=O)O. The fourth-order valence-electron chi connectivity index (χ4n) is 2.52. The van der Waals surface area contributed by atoms with Crippen molar-refractivity contribution in [2.75, 3.05) is 13.7 Å². The van der Waals surface area contributed by atoms with Crippen molar-refractivity contribution < 1.29 is 19.4 Å². The van der Waals surface area contributed by atoms with Gasteiger partial charge < -0.3 is 14.6 Å². The van der Waals surface area contributed by atoms with Crippen LogP contribution in [-0.2, 0) is 4.79 Å². The number of carboxylic acid groups (broad SMARTS) is 1. The Morgan fingerprint density at radius 2 is 1.87 bits per heavy atom. The van der Waals surface area contributed by atoms with E-state index in [4.69, 9.17) is 9.47 Å². The van der Waals surface area contributed by atoms with Crippen molar-refractivity contribution in [3.05, 3.63) is 59.2 Å². The fraction of sp³-hybridized carbons (Fsp3) is 0.316. The molecule has 0 aliphatic rings. The highest BCUT2D eigenvalue weighted by atomic mass is 16.5. The van der Waals surface area contributed by atoms with Gasteiger partial charge in [0.05, 0.1) is 19.6 Å². The van der Waals surface area contributed by atoms with Gasteiger partial charge in [0.15, 0.2) is 0 Å². The number of ether oxygens (including phenoxy) is 2. The zero-order valence-electron chi connectivity index (χ0n) is 13.7. The molecule has 0 aliphatic heterocycles. The molecule has 0 saturated heterocycles. The Balaban J connectivity index is 2.09. The Kier molecular flexibility index (Phi) is 5.63. The number of hydrogen-bond donors (Lipinski definition) is 1. The molecule has 4 heteroatoms. The lowest BCUT2D eigenvalue weighted by Gasteiger charge is -2.17. The van der Waals surface area contributed by atoms with E-state index < -0.39 is 11.9 Å². The van der Waals surface area contributed by atoms with Crippen LogP contribution in [0.15, 0.2) is 42.5 Å². The highest BCUT2D eigenvalue weighted by Gasteiger charge is 2.23. The molecule has 1 atom stereocenters. The Morgan fingerprint density at radius 3 is 2.57 bits per heavy atom. The Morgan fingerprint density at radius 1 is 1.13 bits per heavy atom. The first kappa shape index (κ1) is 16.9. The van der Waals surface area contributed by atoms with Crippen LogP contribution in [-0.4, -0.2) is 24.8 Å². The average molecular weight is 314 g/mol. The third-order valence-electron chi connectivity index (χ3n) is 3.82. The maximum atomic E-state index is 11.6. The van der Waals surface area contributed by atoms with Crippen molar-refractivity contribution >= 4 is 5.97 Å². The van der Waals surface area contributed by atoms with Crippen LogP contribution < -0.4 is 9.47 Å². The molecule has 0 radical (unpaired) electrons. The first-order valence-electron chi connectivity index (χ1n) is 7.58. The summed E-state index contributed by atoms with van der Waals surface area (Å²) in [7, 11) is 1.55. The van der Waals surface area contributed by atoms with Gasteiger partial charge in [0, 0.05) is 5.56 Å². The monoisotopic (exact) mass is 314 g/mol. The van der Waals surface area contributed by atoms with Crippen LogP contribution in [0.4, 0.5) is 0 Å². The molecule has 4 nitrogen and oxygen atoms in total.